The van der Waals surface area contributed by atoms with Crippen LogP contribution < -0.4 is 10.2 Å². The lowest BCUT2D eigenvalue weighted by molar-refractivity contribution is 0.101. The minimum absolute atomic E-state index is 0.156. The highest BCUT2D eigenvalue weighted by Gasteiger charge is 2.22. The molecule has 4 aromatic rings. The molecule has 0 saturated carbocycles. The first-order valence-electron chi connectivity index (χ1n) is 9.15. The van der Waals surface area contributed by atoms with E-state index in [4.69, 9.17) is 9.15 Å². The van der Waals surface area contributed by atoms with Gasteiger partial charge in [-0.1, -0.05) is 0 Å². The fourth-order valence-corrected chi connectivity index (χ4v) is 3.64. The largest absolute Gasteiger partial charge is 0.497 e. The molecule has 0 fully saturated rings. The third-order valence-electron chi connectivity index (χ3n) is 5.14. The van der Waals surface area contributed by atoms with Crippen LogP contribution in [-0.4, -0.2) is 22.3 Å². The molecule has 1 N–H and O–H groups in total. The first kappa shape index (κ1) is 18.0. The molecule has 0 aliphatic heterocycles. The van der Waals surface area contributed by atoms with Crippen molar-refractivity contribution in [3.63, 3.8) is 0 Å². The van der Waals surface area contributed by atoms with Crippen molar-refractivity contribution >= 4 is 16.8 Å². The number of benzene rings is 1. The number of hydrogen-bond donors (Lipinski definition) is 1. The molecule has 3 heterocycles. The number of fused-ring (bicyclic) bond motifs is 1. The maximum absolute atomic E-state index is 13.3. The maximum atomic E-state index is 13.3. The summed E-state index contributed by atoms with van der Waals surface area (Å²) < 4.78 is 14.8. The highest BCUT2D eigenvalue weighted by atomic mass is 16.5. The summed E-state index contributed by atoms with van der Waals surface area (Å²) in [6, 6.07) is 13.5. The number of amides is 1. The van der Waals surface area contributed by atoms with Gasteiger partial charge in [0.15, 0.2) is 0 Å². The monoisotopic (exact) mass is 377 g/mol. The zero-order valence-corrected chi connectivity index (χ0v) is 16.4. The topological polar surface area (TPSA) is 61.3 Å². The summed E-state index contributed by atoms with van der Waals surface area (Å²) in [5, 5.41) is 0.850. The van der Waals surface area contributed by atoms with Crippen LogP contribution in [0.3, 0.4) is 0 Å². The molecule has 6 heteroatoms. The van der Waals surface area contributed by atoms with Crippen molar-refractivity contribution in [2.24, 2.45) is 0 Å². The van der Waals surface area contributed by atoms with E-state index in [9.17, 15) is 4.79 Å². The van der Waals surface area contributed by atoms with Gasteiger partial charge >= 0.3 is 0 Å². The molecular formula is C22H23N3O3. The molecule has 0 radical (unpaired) electrons. The van der Waals surface area contributed by atoms with E-state index in [0.29, 0.717) is 17.9 Å². The van der Waals surface area contributed by atoms with Gasteiger partial charge in [-0.2, -0.15) is 0 Å². The van der Waals surface area contributed by atoms with Gasteiger partial charge in [-0.05, 0) is 63.2 Å². The average molecular weight is 377 g/mol. The van der Waals surface area contributed by atoms with Gasteiger partial charge in [0.1, 0.15) is 11.5 Å². The second-order valence-corrected chi connectivity index (χ2v) is 6.90. The third-order valence-corrected chi connectivity index (χ3v) is 5.14. The Morgan fingerprint density at radius 1 is 1.11 bits per heavy atom. The molecule has 144 valence electrons. The lowest BCUT2D eigenvalue weighted by Crippen LogP contribution is -2.25. The molecule has 1 amide bonds. The van der Waals surface area contributed by atoms with Crippen molar-refractivity contribution in [3.8, 4) is 5.75 Å². The Bertz CT molecular complexity index is 1130. The molecule has 0 atom stereocenters. The number of furan rings is 1. The number of aryl methyl sites for hydroxylation is 2. The SMILES string of the molecule is COc1ccc2c(c1)c(C(=O)Nn1c(C)ccc1C)c(C)n2Cc1ccco1. The van der Waals surface area contributed by atoms with Gasteiger partial charge in [0.05, 0.1) is 25.5 Å². The van der Waals surface area contributed by atoms with E-state index in [1.165, 1.54) is 0 Å². The quantitative estimate of drug-likeness (QED) is 0.561. The highest BCUT2D eigenvalue weighted by Crippen LogP contribution is 2.30. The van der Waals surface area contributed by atoms with Crippen LogP contribution in [0.5, 0.6) is 5.75 Å². The second-order valence-electron chi connectivity index (χ2n) is 6.90. The van der Waals surface area contributed by atoms with Crippen LogP contribution in [-0.2, 0) is 6.54 Å². The Morgan fingerprint density at radius 2 is 1.86 bits per heavy atom. The zero-order chi connectivity index (χ0) is 19.8. The fraction of sp³-hybridized carbons (Fsp3) is 0.227. The predicted octanol–water partition coefficient (Wildman–Crippen LogP) is 4.40. The van der Waals surface area contributed by atoms with Gasteiger partial charge in [0.25, 0.3) is 5.91 Å². The van der Waals surface area contributed by atoms with Crippen molar-refractivity contribution in [2.75, 3.05) is 12.5 Å². The van der Waals surface area contributed by atoms with Gasteiger partial charge in [-0.25, -0.2) is 0 Å². The number of nitrogens with zero attached hydrogens (tertiary/aromatic N) is 2. The number of carbonyl (C=O) groups is 1. The van der Waals surface area contributed by atoms with Gasteiger partial charge in [0, 0.05) is 28.0 Å². The molecule has 28 heavy (non-hydrogen) atoms. The summed E-state index contributed by atoms with van der Waals surface area (Å²) in [5.74, 6) is 1.39. The minimum Gasteiger partial charge on any atom is -0.497 e. The average Bonchev–Trinajstić information content (AvgIpc) is 3.37. The Balaban J connectivity index is 1.84. The van der Waals surface area contributed by atoms with Crippen LogP contribution >= 0.6 is 0 Å². The number of ether oxygens (including phenoxy) is 1. The van der Waals surface area contributed by atoms with Gasteiger partial charge in [0.2, 0.25) is 0 Å². The second kappa shape index (κ2) is 6.96. The first-order valence-corrected chi connectivity index (χ1v) is 9.15. The number of carbonyl (C=O) groups excluding carboxylic acids is 1. The van der Waals surface area contributed by atoms with Crippen molar-refractivity contribution in [1.82, 2.24) is 9.24 Å². The highest BCUT2D eigenvalue weighted by molar-refractivity contribution is 6.12. The van der Waals surface area contributed by atoms with Gasteiger partial charge < -0.3 is 13.7 Å². The molecule has 0 bridgehead atoms. The number of rotatable bonds is 5. The lowest BCUT2D eigenvalue weighted by Gasteiger charge is -2.12. The fourth-order valence-electron chi connectivity index (χ4n) is 3.64. The van der Waals surface area contributed by atoms with E-state index < -0.39 is 0 Å². The van der Waals surface area contributed by atoms with Gasteiger partial charge in [-0.3, -0.25) is 14.9 Å². The predicted molar refractivity (Wildman–Crippen MR) is 109 cm³/mol. The summed E-state index contributed by atoms with van der Waals surface area (Å²) in [6.07, 6.45) is 1.66. The van der Waals surface area contributed by atoms with E-state index in [2.05, 4.69) is 9.99 Å². The Morgan fingerprint density at radius 3 is 2.50 bits per heavy atom. The number of nitrogens with one attached hydrogen (secondary N) is 1. The Kier molecular flexibility index (Phi) is 4.47. The first-order chi connectivity index (χ1) is 13.5. The summed E-state index contributed by atoms with van der Waals surface area (Å²) in [4.78, 5) is 13.3. The van der Waals surface area contributed by atoms with Crippen molar-refractivity contribution in [3.05, 3.63) is 77.1 Å². The molecule has 0 unspecified atom stereocenters. The Labute approximate surface area is 163 Å². The van der Waals surface area contributed by atoms with Crippen LogP contribution in [0.15, 0.2) is 53.1 Å². The lowest BCUT2D eigenvalue weighted by atomic mass is 10.1. The molecule has 4 rings (SSSR count). The molecule has 6 nitrogen and oxygen atoms in total. The number of hydrogen-bond acceptors (Lipinski definition) is 3. The van der Waals surface area contributed by atoms with E-state index >= 15 is 0 Å². The smallest absolute Gasteiger partial charge is 0.272 e. The number of aromatic nitrogens is 2. The standard InChI is InChI=1S/C22H23N3O3/c1-14-7-8-15(2)25(14)23-22(26)21-16(3)24(13-18-6-5-11-28-18)20-10-9-17(27-4)12-19(20)21/h5-12H,13H2,1-4H3,(H,23,26). The molecule has 3 aromatic heterocycles. The Hall–Kier alpha value is -3.41. The van der Waals surface area contributed by atoms with Crippen molar-refractivity contribution in [2.45, 2.75) is 27.3 Å². The van der Waals surface area contributed by atoms with E-state index in [1.807, 2.05) is 63.2 Å². The molecule has 0 saturated heterocycles. The molecule has 1 aromatic carbocycles. The van der Waals surface area contributed by atoms with Crippen LogP contribution in [0.1, 0.15) is 33.2 Å². The van der Waals surface area contributed by atoms with Crippen LogP contribution in [0.25, 0.3) is 10.9 Å². The van der Waals surface area contributed by atoms with Crippen molar-refractivity contribution in [1.29, 1.82) is 0 Å². The number of methoxy groups -OCH3 is 1. The molecular weight excluding hydrogens is 354 g/mol. The summed E-state index contributed by atoms with van der Waals surface area (Å²) in [6.45, 7) is 6.43. The van der Waals surface area contributed by atoms with Crippen molar-refractivity contribution < 1.29 is 13.9 Å². The molecule has 0 aliphatic carbocycles. The third kappa shape index (κ3) is 2.97. The normalized spacial score (nSPS) is 11.1. The molecule has 0 aliphatic rings. The van der Waals surface area contributed by atoms with E-state index in [0.717, 1.165) is 33.7 Å². The maximum Gasteiger partial charge on any atom is 0.272 e. The van der Waals surface area contributed by atoms with Gasteiger partial charge in [-0.15, -0.1) is 0 Å². The summed E-state index contributed by atoms with van der Waals surface area (Å²) in [7, 11) is 1.63. The van der Waals surface area contributed by atoms with Crippen LogP contribution in [0.2, 0.25) is 0 Å². The van der Waals surface area contributed by atoms with Crippen LogP contribution in [0.4, 0.5) is 0 Å². The van der Waals surface area contributed by atoms with E-state index in [1.54, 1.807) is 18.0 Å². The summed E-state index contributed by atoms with van der Waals surface area (Å²) >= 11 is 0. The zero-order valence-electron chi connectivity index (χ0n) is 16.4. The summed E-state index contributed by atoms with van der Waals surface area (Å²) in [5.41, 5.74) is 7.43. The van der Waals surface area contributed by atoms with Crippen LogP contribution in [0, 0.1) is 20.8 Å². The minimum atomic E-state index is -0.156. The molecule has 0 spiro atoms. The van der Waals surface area contributed by atoms with E-state index in [-0.39, 0.29) is 5.91 Å².